The first kappa shape index (κ1) is 8.97. The highest BCUT2D eigenvalue weighted by Crippen LogP contribution is 2.62. The first-order valence-corrected chi connectivity index (χ1v) is 5.86. The van der Waals surface area contributed by atoms with Crippen LogP contribution in [0.15, 0.2) is 24.3 Å². The zero-order valence-electron chi connectivity index (χ0n) is 8.87. The van der Waals surface area contributed by atoms with Gasteiger partial charge in [0, 0.05) is 0 Å². The summed E-state index contributed by atoms with van der Waals surface area (Å²) >= 11 is 0. The van der Waals surface area contributed by atoms with Gasteiger partial charge in [0.1, 0.15) is 0 Å². The summed E-state index contributed by atoms with van der Waals surface area (Å²) in [6.45, 7) is 0. The monoisotopic (exact) mass is 197 g/mol. The quantitative estimate of drug-likeness (QED) is 0.677. The Kier molecular flexibility index (Phi) is 1.85. The van der Waals surface area contributed by atoms with E-state index in [1.807, 2.05) is 12.1 Å². The summed E-state index contributed by atoms with van der Waals surface area (Å²) in [5.74, 6) is 0.917. The molecule has 1 aromatic rings. The van der Waals surface area contributed by atoms with E-state index in [0.717, 1.165) is 11.5 Å². The highest BCUT2D eigenvalue weighted by Gasteiger charge is 2.55. The summed E-state index contributed by atoms with van der Waals surface area (Å²) in [5.41, 5.74) is 2.72. The Labute approximate surface area is 90.7 Å². The summed E-state index contributed by atoms with van der Waals surface area (Å²) in [5, 5.41) is 8.91. The van der Waals surface area contributed by atoms with Gasteiger partial charge in [0.25, 0.3) is 0 Å². The van der Waals surface area contributed by atoms with Gasteiger partial charge in [-0.1, -0.05) is 25.0 Å². The van der Waals surface area contributed by atoms with E-state index in [9.17, 15) is 0 Å². The SMILES string of the molecule is N#Cc1cccc(C23CCCCC2C3)c1. The Morgan fingerprint density at radius 3 is 3.07 bits per heavy atom. The van der Waals surface area contributed by atoms with Crippen LogP contribution in [0.4, 0.5) is 0 Å². The van der Waals surface area contributed by atoms with Crippen molar-refractivity contribution in [2.45, 2.75) is 37.5 Å². The number of hydrogen-bond acceptors (Lipinski definition) is 1. The smallest absolute Gasteiger partial charge is 0.0991 e. The highest BCUT2D eigenvalue weighted by atomic mass is 14.6. The third-order valence-corrected chi connectivity index (χ3v) is 4.22. The molecular formula is C14H15N. The van der Waals surface area contributed by atoms with E-state index >= 15 is 0 Å². The molecule has 1 heteroatoms. The molecule has 76 valence electrons. The standard InChI is InChI=1S/C14H15N/c15-10-11-4-3-6-12(8-11)14-7-2-1-5-13(14)9-14/h3-4,6,8,13H,1-2,5,7,9H2. The van der Waals surface area contributed by atoms with Crippen molar-refractivity contribution in [3.05, 3.63) is 35.4 Å². The van der Waals surface area contributed by atoms with Crippen LogP contribution in [0, 0.1) is 17.2 Å². The molecule has 15 heavy (non-hydrogen) atoms. The van der Waals surface area contributed by atoms with Crippen LogP contribution < -0.4 is 0 Å². The molecule has 2 atom stereocenters. The molecule has 0 amide bonds. The van der Waals surface area contributed by atoms with E-state index < -0.39 is 0 Å². The van der Waals surface area contributed by atoms with Crippen molar-refractivity contribution in [2.24, 2.45) is 5.92 Å². The van der Waals surface area contributed by atoms with Crippen molar-refractivity contribution >= 4 is 0 Å². The normalized spacial score (nSPS) is 32.9. The summed E-state index contributed by atoms with van der Waals surface area (Å²) in [6, 6.07) is 10.5. The van der Waals surface area contributed by atoms with Gasteiger partial charge in [-0.2, -0.15) is 5.26 Å². The third kappa shape index (κ3) is 1.28. The number of hydrogen-bond donors (Lipinski definition) is 0. The Morgan fingerprint density at radius 1 is 1.33 bits per heavy atom. The molecule has 0 aliphatic heterocycles. The zero-order valence-corrected chi connectivity index (χ0v) is 8.87. The maximum Gasteiger partial charge on any atom is 0.0991 e. The Balaban J connectivity index is 1.96. The fourth-order valence-electron chi connectivity index (χ4n) is 3.29. The van der Waals surface area contributed by atoms with Crippen LogP contribution in [0.1, 0.15) is 43.2 Å². The minimum Gasteiger partial charge on any atom is -0.192 e. The summed E-state index contributed by atoms with van der Waals surface area (Å²) < 4.78 is 0. The van der Waals surface area contributed by atoms with Crippen LogP contribution >= 0.6 is 0 Å². The van der Waals surface area contributed by atoms with Gasteiger partial charge in [0.05, 0.1) is 11.6 Å². The van der Waals surface area contributed by atoms with Gasteiger partial charge in [-0.05, 0) is 48.3 Å². The van der Waals surface area contributed by atoms with Crippen LogP contribution in [0.25, 0.3) is 0 Å². The number of benzene rings is 1. The minimum atomic E-state index is 0.477. The van der Waals surface area contributed by atoms with Gasteiger partial charge in [-0.3, -0.25) is 0 Å². The predicted molar refractivity (Wildman–Crippen MR) is 59.4 cm³/mol. The number of nitrogens with zero attached hydrogens (tertiary/aromatic N) is 1. The minimum absolute atomic E-state index is 0.477. The second-order valence-electron chi connectivity index (χ2n) is 5.00. The van der Waals surface area contributed by atoms with Crippen molar-refractivity contribution in [3.8, 4) is 6.07 Å². The summed E-state index contributed by atoms with van der Waals surface area (Å²) in [4.78, 5) is 0. The second kappa shape index (κ2) is 3.10. The van der Waals surface area contributed by atoms with Crippen LogP contribution in [-0.4, -0.2) is 0 Å². The fourth-order valence-corrected chi connectivity index (χ4v) is 3.29. The van der Waals surface area contributed by atoms with Crippen molar-refractivity contribution in [2.75, 3.05) is 0 Å². The lowest BCUT2D eigenvalue weighted by Crippen LogP contribution is -2.14. The van der Waals surface area contributed by atoms with Gasteiger partial charge < -0.3 is 0 Å². The first-order valence-electron chi connectivity index (χ1n) is 5.86. The van der Waals surface area contributed by atoms with Gasteiger partial charge >= 0.3 is 0 Å². The predicted octanol–water partition coefficient (Wildman–Crippen LogP) is 3.39. The van der Waals surface area contributed by atoms with E-state index in [1.165, 1.54) is 37.7 Å². The van der Waals surface area contributed by atoms with Crippen molar-refractivity contribution < 1.29 is 0 Å². The molecule has 0 saturated heterocycles. The molecule has 2 unspecified atom stereocenters. The molecule has 0 N–H and O–H groups in total. The fraction of sp³-hybridized carbons (Fsp3) is 0.500. The lowest BCUT2D eigenvalue weighted by Gasteiger charge is -2.22. The molecule has 3 rings (SSSR count). The third-order valence-electron chi connectivity index (χ3n) is 4.22. The molecule has 0 bridgehead atoms. The molecule has 1 aromatic carbocycles. The average Bonchev–Trinajstić information content (AvgIpc) is 3.05. The molecule has 0 radical (unpaired) electrons. The Hall–Kier alpha value is -1.29. The van der Waals surface area contributed by atoms with Crippen molar-refractivity contribution in [1.82, 2.24) is 0 Å². The highest BCUT2D eigenvalue weighted by molar-refractivity contribution is 5.41. The lowest BCUT2D eigenvalue weighted by molar-refractivity contribution is 0.428. The molecule has 1 nitrogen and oxygen atoms in total. The molecule has 0 aromatic heterocycles. The van der Waals surface area contributed by atoms with Gasteiger partial charge in [0.15, 0.2) is 0 Å². The maximum absolute atomic E-state index is 8.91. The molecule has 0 spiro atoms. The topological polar surface area (TPSA) is 23.8 Å². The lowest BCUT2D eigenvalue weighted by atomic mass is 9.82. The van der Waals surface area contributed by atoms with Crippen LogP contribution in [0.5, 0.6) is 0 Å². The molecule has 0 heterocycles. The molecule has 2 saturated carbocycles. The molecule has 2 fully saturated rings. The van der Waals surface area contributed by atoms with Gasteiger partial charge in [-0.15, -0.1) is 0 Å². The zero-order chi connectivity index (χ0) is 10.3. The van der Waals surface area contributed by atoms with E-state index in [2.05, 4.69) is 18.2 Å². The maximum atomic E-state index is 8.91. The molecule has 2 aliphatic carbocycles. The first-order chi connectivity index (χ1) is 7.35. The van der Waals surface area contributed by atoms with E-state index in [1.54, 1.807) is 0 Å². The van der Waals surface area contributed by atoms with Gasteiger partial charge in [-0.25, -0.2) is 0 Å². The van der Waals surface area contributed by atoms with Crippen molar-refractivity contribution in [3.63, 3.8) is 0 Å². The van der Waals surface area contributed by atoms with E-state index in [4.69, 9.17) is 5.26 Å². The molecular weight excluding hydrogens is 182 g/mol. The Bertz CT molecular complexity index is 429. The Morgan fingerprint density at radius 2 is 2.27 bits per heavy atom. The second-order valence-corrected chi connectivity index (χ2v) is 5.00. The van der Waals surface area contributed by atoms with Crippen LogP contribution in [-0.2, 0) is 5.41 Å². The number of nitriles is 1. The summed E-state index contributed by atoms with van der Waals surface area (Å²) in [6.07, 6.45) is 6.88. The van der Waals surface area contributed by atoms with E-state index in [0.29, 0.717) is 5.41 Å². The largest absolute Gasteiger partial charge is 0.192 e. The summed E-state index contributed by atoms with van der Waals surface area (Å²) in [7, 11) is 0. The van der Waals surface area contributed by atoms with Gasteiger partial charge in [0.2, 0.25) is 0 Å². The molecule has 2 aliphatic rings. The number of fused-ring (bicyclic) bond motifs is 1. The van der Waals surface area contributed by atoms with Crippen LogP contribution in [0.3, 0.4) is 0 Å². The average molecular weight is 197 g/mol. The number of rotatable bonds is 1. The van der Waals surface area contributed by atoms with Crippen molar-refractivity contribution in [1.29, 1.82) is 5.26 Å². The van der Waals surface area contributed by atoms with Crippen LogP contribution in [0.2, 0.25) is 0 Å². The van der Waals surface area contributed by atoms with E-state index in [-0.39, 0.29) is 0 Å².